The van der Waals surface area contributed by atoms with E-state index in [2.05, 4.69) is 26.6 Å². The predicted octanol–water partition coefficient (Wildman–Crippen LogP) is 5.27. The van der Waals surface area contributed by atoms with Crippen LogP contribution in [-0.2, 0) is 11.2 Å². The highest BCUT2D eigenvalue weighted by Crippen LogP contribution is 2.16. The molecule has 27 heavy (non-hydrogen) atoms. The Balaban J connectivity index is 1.51. The van der Waals surface area contributed by atoms with Crippen LogP contribution >= 0.6 is 15.9 Å². The molecule has 0 aliphatic rings. The van der Waals surface area contributed by atoms with Crippen LogP contribution in [0.1, 0.15) is 22.3 Å². The van der Waals surface area contributed by atoms with Gasteiger partial charge in [0.2, 0.25) is 5.91 Å². The molecular formula is C22H19BrN2O2. The van der Waals surface area contributed by atoms with Crippen molar-refractivity contribution in [2.24, 2.45) is 0 Å². The topological polar surface area (TPSA) is 58.2 Å². The summed E-state index contributed by atoms with van der Waals surface area (Å²) in [6, 6.07) is 24.1. The Kier molecular flexibility index (Phi) is 6.39. The number of hydrogen-bond donors (Lipinski definition) is 2. The van der Waals surface area contributed by atoms with Gasteiger partial charge in [-0.15, -0.1) is 0 Å². The van der Waals surface area contributed by atoms with Crippen molar-refractivity contribution in [1.82, 2.24) is 0 Å². The van der Waals surface area contributed by atoms with Crippen molar-refractivity contribution < 1.29 is 9.59 Å². The van der Waals surface area contributed by atoms with E-state index in [1.807, 2.05) is 42.5 Å². The van der Waals surface area contributed by atoms with Crippen molar-refractivity contribution in [3.63, 3.8) is 0 Å². The standard InChI is InChI=1S/C22H19BrN2O2/c23-18-9-7-17(8-10-18)22(27)25-20-13-11-19(12-14-20)24-21(26)15-6-16-4-2-1-3-5-16/h1-5,7-14H,6,15H2,(H,24,26)(H,25,27). The Morgan fingerprint density at radius 2 is 1.33 bits per heavy atom. The third-order valence-corrected chi connectivity index (χ3v) is 4.55. The summed E-state index contributed by atoms with van der Waals surface area (Å²) in [5.41, 5.74) is 3.09. The van der Waals surface area contributed by atoms with Crippen molar-refractivity contribution in [2.45, 2.75) is 12.8 Å². The highest BCUT2D eigenvalue weighted by Gasteiger charge is 2.07. The first-order valence-electron chi connectivity index (χ1n) is 8.61. The van der Waals surface area contributed by atoms with Gasteiger partial charge in [-0.2, -0.15) is 0 Å². The molecule has 0 aromatic heterocycles. The molecule has 136 valence electrons. The molecule has 0 unspecified atom stereocenters. The molecule has 2 amide bonds. The lowest BCUT2D eigenvalue weighted by Gasteiger charge is -2.08. The van der Waals surface area contributed by atoms with E-state index in [9.17, 15) is 9.59 Å². The summed E-state index contributed by atoms with van der Waals surface area (Å²) >= 11 is 3.35. The monoisotopic (exact) mass is 422 g/mol. The molecular weight excluding hydrogens is 404 g/mol. The fraction of sp³-hybridized carbons (Fsp3) is 0.0909. The SMILES string of the molecule is O=C(CCc1ccccc1)Nc1ccc(NC(=O)c2ccc(Br)cc2)cc1. The highest BCUT2D eigenvalue weighted by molar-refractivity contribution is 9.10. The molecule has 0 fully saturated rings. The Bertz CT molecular complexity index is 907. The van der Waals surface area contributed by atoms with Crippen molar-refractivity contribution in [1.29, 1.82) is 0 Å². The maximum atomic E-state index is 12.2. The molecule has 3 aromatic rings. The zero-order valence-corrected chi connectivity index (χ0v) is 16.2. The maximum absolute atomic E-state index is 12.2. The van der Waals surface area contributed by atoms with Gasteiger partial charge in [0.05, 0.1) is 0 Å². The first-order chi connectivity index (χ1) is 13.1. The van der Waals surface area contributed by atoms with Gasteiger partial charge in [0.15, 0.2) is 0 Å². The van der Waals surface area contributed by atoms with Gasteiger partial charge in [0.25, 0.3) is 5.91 Å². The Hall–Kier alpha value is -2.92. The van der Waals surface area contributed by atoms with E-state index in [0.29, 0.717) is 29.8 Å². The van der Waals surface area contributed by atoms with Gasteiger partial charge < -0.3 is 10.6 Å². The van der Waals surface area contributed by atoms with E-state index < -0.39 is 0 Å². The summed E-state index contributed by atoms with van der Waals surface area (Å²) in [4.78, 5) is 24.3. The molecule has 0 bridgehead atoms. The van der Waals surface area contributed by atoms with Gasteiger partial charge in [-0.1, -0.05) is 46.3 Å². The number of anilines is 2. The third kappa shape index (κ3) is 5.79. The van der Waals surface area contributed by atoms with Crippen molar-refractivity contribution in [3.8, 4) is 0 Å². The van der Waals surface area contributed by atoms with Gasteiger partial charge in [0, 0.05) is 27.8 Å². The molecule has 0 aliphatic heterocycles. The lowest BCUT2D eigenvalue weighted by atomic mass is 10.1. The van der Waals surface area contributed by atoms with Gasteiger partial charge >= 0.3 is 0 Å². The van der Waals surface area contributed by atoms with Crippen molar-refractivity contribution in [2.75, 3.05) is 10.6 Å². The van der Waals surface area contributed by atoms with E-state index in [-0.39, 0.29) is 11.8 Å². The van der Waals surface area contributed by atoms with E-state index in [4.69, 9.17) is 0 Å². The van der Waals surface area contributed by atoms with Crippen LogP contribution in [0.2, 0.25) is 0 Å². The quantitative estimate of drug-likeness (QED) is 0.567. The molecule has 0 saturated carbocycles. The minimum atomic E-state index is -0.179. The van der Waals surface area contributed by atoms with Crippen LogP contribution in [0.3, 0.4) is 0 Å². The van der Waals surface area contributed by atoms with Gasteiger partial charge in [-0.3, -0.25) is 9.59 Å². The second kappa shape index (κ2) is 9.14. The zero-order chi connectivity index (χ0) is 19.1. The summed E-state index contributed by atoms with van der Waals surface area (Å²) in [7, 11) is 0. The molecule has 4 nitrogen and oxygen atoms in total. The molecule has 0 radical (unpaired) electrons. The molecule has 3 rings (SSSR count). The van der Waals surface area contributed by atoms with Crippen molar-refractivity contribution >= 4 is 39.1 Å². The van der Waals surface area contributed by atoms with Crippen LogP contribution in [0.5, 0.6) is 0 Å². The van der Waals surface area contributed by atoms with Crippen LogP contribution in [0.4, 0.5) is 11.4 Å². The summed E-state index contributed by atoms with van der Waals surface area (Å²) in [6.45, 7) is 0. The lowest BCUT2D eigenvalue weighted by Crippen LogP contribution is -2.13. The number of carbonyl (C=O) groups is 2. The lowest BCUT2D eigenvalue weighted by molar-refractivity contribution is -0.116. The number of amides is 2. The highest BCUT2D eigenvalue weighted by atomic mass is 79.9. The first kappa shape index (κ1) is 18.9. The average molecular weight is 423 g/mol. The van der Waals surface area contributed by atoms with E-state index in [1.165, 1.54) is 0 Å². The molecule has 0 spiro atoms. The number of aryl methyl sites for hydroxylation is 1. The van der Waals surface area contributed by atoms with Crippen molar-refractivity contribution in [3.05, 3.63) is 94.5 Å². The number of carbonyl (C=O) groups excluding carboxylic acids is 2. The zero-order valence-electron chi connectivity index (χ0n) is 14.6. The largest absolute Gasteiger partial charge is 0.326 e. The molecule has 3 aromatic carbocycles. The Morgan fingerprint density at radius 1 is 0.741 bits per heavy atom. The maximum Gasteiger partial charge on any atom is 0.255 e. The predicted molar refractivity (Wildman–Crippen MR) is 112 cm³/mol. The minimum Gasteiger partial charge on any atom is -0.326 e. The molecule has 0 saturated heterocycles. The molecule has 0 heterocycles. The normalized spacial score (nSPS) is 10.3. The molecule has 2 N–H and O–H groups in total. The van der Waals surface area contributed by atoms with Gasteiger partial charge in [0.1, 0.15) is 0 Å². The Labute approximate surface area is 166 Å². The molecule has 0 atom stereocenters. The summed E-state index contributed by atoms with van der Waals surface area (Å²) in [5, 5.41) is 5.71. The molecule has 5 heteroatoms. The fourth-order valence-electron chi connectivity index (χ4n) is 2.57. The van der Waals surface area contributed by atoms with Gasteiger partial charge in [-0.05, 0) is 60.5 Å². The van der Waals surface area contributed by atoms with E-state index in [0.717, 1.165) is 10.0 Å². The summed E-state index contributed by atoms with van der Waals surface area (Å²) < 4.78 is 0.923. The summed E-state index contributed by atoms with van der Waals surface area (Å²) in [5.74, 6) is -0.215. The smallest absolute Gasteiger partial charge is 0.255 e. The third-order valence-electron chi connectivity index (χ3n) is 4.02. The van der Waals surface area contributed by atoms with Crippen LogP contribution in [0, 0.1) is 0 Å². The van der Waals surface area contributed by atoms with Crippen LogP contribution < -0.4 is 10.6 Å². The van der Waals surface area contributed by atoms with E-state index >= 15 is 0 Å². The first-order valence-corrected chi connectivity index (χ1v) is 9.40. The number of hydrogen-bond acceptors (Lipinski definition) is 2. The fourth-order valence-corrected chi connectivity index (χ4v) is 2.83. The Morgan fingerprint density at radius 3 is 1.96 bits per heavy atom. The minimum absolute atomic E-state index is 0.0366. The van der Waals surface area contributed by atoms with Gasteiger partial charge in [-0.25, -0.2) is 0 Å². The average Bonchev–Trinajstić information content (AvgIpc) is 2.69. The van der Waals surface area contributed by atoms with E-state index in [1.54, 1.807) is 36.4 Å². The molecule has 0 aliphatic carbocycles. The second-order valence-corrected chi connectivity index (χ2v) is 6.99. The van der Waals surface area contributed by atoms with Crippen LogP contribution in [0.15, 0.2) is 83.3 Å². The number of rotatable bonds is 6. The number of benzene rings is 3. The summed E-state index contributed by atoms with van der Waals surface area (Å²) in [6.07, 6.45) is 1.13. The second-order valence-electron chi connectivity index (χ2n) is 6.07. The van der Waals surface area contributed by atoms with Crippen LogP contribution in [-0.4, -0.2) is 11.8 Å². The number of halogens is 1. The van der Waals surface area contributed by atoms with Crippen LogP contribution in [0.25, 0.3) is 0 Å². The number of nitrogens with one attached hydrogen (secondary N) is 2.